The Labute approximate surface area is 162 Å². The Morgan fingerprint density at radius 3 is 2.67 bits per heavy atom. The molecule has 0 saturated carbocycles. The lowest BCUT2D eigenvalue weighted by molar-refractivity contribution is 0.261. The second-order valence-corrected chi connectivity index (χ2v) is 6.75. The monoisotopic (exact) mass is 379 g/mol. The molecule has 0 aliphatic heterocycles. The Morgan fingerprint density at radius 2 is 1.93 bits per heavy atom. The first-order chi connectivity index (χ1) is 13.2. The zero-order valence-corrected chi connectivity index (χ0v) is 15.5. The molecule has 0 N–H and O–H groups in total. The summed E-state index contributed by atoms with van der Waals surface area (Å²) in [6.45, 7) is 1.34. The average Bonchev–Trinajstić information content (AvgIpc) is 3.34. The Hall–Kier alpha value is -2.96. The fourth-order valence-electron chi connectivity index (χ4n) is 2.84. The van der Waals surface area contributed by atoms with Crippen molar-refractivity contribution < 1.29 is 4.52 Å². The molecule has 0 spiro atoms. The molecule has 2 heterocycles. The van der Waals surface area contributed by atoms with Gasteiger partial charge in [-0.05, 0) is 42.9 Å². The summed E-state index contributed by atoms with van der Waals surface area (Å²) >= 11 is 6.02. The molecule has 4 rings (SSSR count). The maximum atomic E-state index is 6.02. The average molecular weight is 380 g/mol. The first-order valence-electron chi connectivity index (χ1n) is 8.53. The molecule has 136 valence electrons. The summed E-state index contributed by atoms with van der Waals surface area (Å²) in [4.78, 5) is 6.58. The van der Waals surface area contributed by atoms with Crippen LogP contribution in [0.15, 0.2) is 71.5 Å². The van der Waals surface area contributed by atoms with Crippen LogP contribution in [0.4, 0.5) is 0 Å². The largest absolute Gasteiger partial charge is 0.338 e. The second kappa shape index (κ2) is 7.73. The van der Waals surface area contributed by atoms with Gasteiger partial charge in [0.15, 0.2) is 0 Å². The van der Waals surface area contributed by atoms with Gasteiger partial charge in [0.25, 0.3) is 0 Å². The number of hydrogen-bond acceptors (Lipinski definition) is 5. The van der Waals surface area contributed by atoms with Gasteiger partial charge in [0.2, 0.25) is 11.7 Å². The van der Waals surface area contributed by atoms with Crippen LogP contribution < -0.4 is 0 Å². The summed E-state index contributed by atoms with van der Waals surface area (Å²) in [5.74, 6) is 1.12. The van der Waals surface area contributed by atoms with E-state index in [0.29, 0.717) is 23.3 Å². The molecular formula is C20H18ClN5O. The van der Waals surface area contributed by atoms with Crippen LogP contribution in [0.5, 0.6) is 0 Å². The van der Waals surface area contributed by atoms with Gasteiger partial charge in [0.05, 0.1) is 12.2 Å². The summed E-state index contributed by atoms with van der Waals surface area (Å²) < 4.78 is 7.21. The molecule has 0 fully saturated rings. The van der Waals surface area contributed by atoms with Crippen LogP contribution >= 0.6 is 11.6 Å². The van der Waals surface area contributed by atoms with Gasteiger partial charge in [0, 0.05) is 29.5 Å². The van der Waals surface area contributed by atoms with Crippen molar-refractivity contribution >= 4 is 11.6 Å². The van der Waals surface area contributed by atoms with Crippen LogP contribution in [-0.2, 0) is 13.1 Å². The highest BCUT2D eigenvalue weighted by atomic mass is 35.5. The van der Waals surface area contributed by atoms with E-state index >= 15 is 0 Å². The fourth-order valence-corrected chi connectivity index (χ4v) is 3.03. The minimum atomic E-state index is 0.546. The number of nitrogens with zero attached hydrogens (tertiary/aromatic N) is 5. The molecular weight excluding hydrogens is 362 g/mol. The van der Waals surface area contributed by atoms with Gasteiger partial charge in [-0.25, -0.2) is 4.68 Å². The molecule has 6 nitrogen and oxygen atoms in total. The van der Waals surface area contributed by atoms with Gasteiger partial charge in [0.1, 0.15) is 0 Å². The van der Waals surface area contributed by atoms with Gasteiger partial charge in [-0.1, -0.05) is 41.0 Å². The summed E-state index contributed by atoms with van der Waals surface area (Å²) in [6.07, 6.45) is 3.69. The van der Waals surface area contributed by atoms with Crippen molar-refractivity contribution in [1.29, 1.82) is 0 Å². The first kappa shape index (κ1) is 17.5. The smallest absolute Gasteiger partial charge is 0.241 e. The second-order valence-electron chi connectivity index (χ2n) is 6.31. The van der Waals surface area contributed by atoms with Gasteiger partial charge in [-0.3, -0.25) is 4.90 Å². The third kappa shape index (κ3) is 4.24. The van der Waals surface area contributed by atoms with Gasteiger partial charge in [-0.15, -0.1) is 0 Å². The topological polar surface area (TPSA) is 60.0 Å². The molecule has 2 aromatic carbocycles. The van der Waals surface area contributed by atoms with Gasteiger partial charge < -0.3 is 4.52 Å². The van der Waals surface area contributed by atoms with Crippen LogP contribution in [0.25, 0.3) is 17.1 Å². The van der Waals surface area contributed by atoms with Crippen molar-refractivity contribution in [2.24, 2.45) is 0 Å². The molecule has 7 heteroatoms. The Balaban J connectivity index is 1.39. The highest BCUT2D eigenvalue weighted by molar-refractivity contribution is 6.30. The minimum Gasteiger partial charge on any atom is -0.338 e. The summed E-state index contributed by atoms with van der Waals surface area (Å²) in [6, 6.07) is 17.6. The highest BCUT2D eigenvalue weighted by Gasteiger charge is 2.11. The van der Waals surface area contributed by atoms with Crippen molar-refractivity contribution in [3.8, 4) is 17.1 Å². The molecule has 0 amide bonds. The van der Waals surface area contributed by atoms with E-state index in [1.807, 2.05) is 48.3 Å². The molecule has 0 aliphatic carbocycles. The van der Waals surface area contributed by atoms with E-state index in [2.05, 4.69) is 44.4 Å². The zero-order valence-electron chi connectivity index (χ0n) is 14.8. The lowest BCUT2D eigenvalue weighted by Crippen LogP contribution is -2.17. The van der Waals surface area contributed by atoms with Gasteiger partial charge in [-0.2, -0.15) is 10.1 Å². The number of hydrogen-bond donors (Lipinski definition) is 0. The molecule has 27 heavy (non-hydrogen) atoms. The Bertz CT molecular complexity index is 1010. The van der Waals surface area contributed by atoms with Crippen molar-refractivity contribution in [2.75, 3.05) is 7.05 Å². The van der Waals surface area contributed by atoms with Crippen molar-refractivity contribution in [1.82, 2.24) is 24.8 Å². The van der Waals surface area contributed by atoms with Crippen LogP contribution in [0.3, 0.4) is 0 Å². The van der Waals surface area contributed by atoms with Crippen LogP contribution in [-0.4, -0.2) is 31.9 Å². The first-order valence-corrected chi connectivity index (χ1v) is 8.91. The fraction of sp³-hybridized carbons (Fsp3) is 0.150. The lowest BCUT2D eigenvalue weighted by atomic mass is 10.2. The quantitative estimate of drug-likeness (QED) is 0.502. The lowest BCUT2D eigenvalue weighted by Gasteiger charge is -2.14. The molecule has 2 aromatic heterocycles. The van der Waals surface area contributed by atoms with Crippen LogP contribution in [0.1, 0.15) is 11.5 Å². The van der Waals surface area contributed by atoms with E-state index in [1.54, 1.807) is 6.20 Å². The van der Waals surface area contributed by atoms with E-state index in [9.17, 15) is 0 Å². The predicted molar refractivity (Wildman–Crippen MR) is 103 cm³/mol. The van der Waals surface area contributed by atoms with Crippen LogP contribution in [0, 0.1) is 0 Å². The van der Waals surface area contributed by atoms with E-state index < -0.39 is 0 Å². The summed E-state index contributed by atoms with van der Waals surface area (Å²) in [5, 5.41) is 8.93. The van der Waals surface area contributed by atoms with Crippen molar-refractivity contribution in [2.45, 2.75) is 13.1 Å². The molecule has 0 bridgehead atoms. The SMILES string of the molecule is CN(Cc1ccc(-n2cccn2)cc1)Cc1nc(-c2cccc(Cl)c2)no1. The van der Waals surface area contributed by atoms with Crippen LogP contribution in [0.2, 0.25) is 5.02 Å². The van der Waals surface area contributed by atoms with Gasteiger partial charge >= 0.3 is 0 Å². The maximum Gasteiger partial charge on any atom is 0.241 e. The Kier molecular flexibility index (Phi) is 5.00. The summed E-state index contributed by atoms with van der Waals surface area (Å²) in [5.41, 5.74) is 3.08. The van der Waals surface area contributed by atoms with E-state index in [4.69, 9.17) is 16.1 Å². The molecule has 0 unspecified atom stereocenters. The van der Waals surface area contributed by atoms with Crippen molar-refractivity contribution in [3.63, 3.8) is 0 Å². The molecule has 0 aliphatic rings. The zero-order chi connectivity index (χ0) is 18.6. The van der Waals surface area contributed by atoms with Crippen molar-refractivity contribution in [3.05, 3.63) is 83.5 Å². The third-order valence-electron chi connectivity index (χ3n) is 4.11. The predicted octanol–water partition coefficient (Wildman–Crippen LogP) is 4.21. The molecule has 0 atom stereocenters. The number of benzene rings is 2. The minimum absolute atomic E-state index is 0.546. The molecule has 0 radical (unpaired) electrons. The number of halogens is 1. The van der Waals surface area contributed by atoms with E-state index in [1.165, 1.54) is 5.56 Å². The van der Waals surface area contributed by atoms with E-state index in [0.717, 1.165) is 17.8 Å². The highest BCUT2D eigenvalue weighted by Crippen LogP contribution is 2.20. The molecule has 0 saturated heterocycles. The normalized spacial score (nSPS) is 11.2. The molecule has 4 aromatic rings. The van der Waals surface area contributed by atoms with E-state index in [-0.39, 0.29) is 0 Å². The maximum absolute atomic E-state index is 6.02. The third-order valence-corrected chi connectivity index (χ3v) is 4.35. The number of rotatable bonds is 6. The summed E-state index contributed by atoms with van der Waals surface area (Å²) in [7, 11) is 2.02. The Morgan fingerprint density at radius 1 is 1.07 bits per heavy atom. The standard InChI is InChI=1S/C20H18ClN5O/c1-25(13-15-6-8-18(9-7-15)26-11-3-10-22-26)14-19-23-20(24-27-19)16-4-2-5-17(21)12-16/h2-12H,13-14H2,1H3. The number of aromatic nitrogens is 4.